The van der Waals surface area contributed by atoms with Crippen molar-refractivity contribution in [3.63, 3.8) is 0 Å². The zero-order valence-electron chi connectivity index (χ0n) is 12.5. The number of hydrogen-bond donors (Lipinski definition) is 2. The Bertz CT molecular complexity index is 946. The number of aromatic nitrogens is 1. The summed E-state index contributed by atoms with van der Waals surface area (Å²) in [5.74, 6) is -0.325. The molecule has 0 spiro atoms. The molecule has 24 heavy (non-hydrogen) atoms. The first-order valence-electron chi connectivity index (χ1n) is 7.07. The summed E-state index contributed by atoms with van der Waals surface area (Å²) in [5, 5.41) is 1.69. The number of sulfonamides is 1. The van der Waals surface area contributed by atoms with E-state index >= 15 is 0 Å². The second kappa shape index (κ2) is 6.50. The summed E-state index contributed by atoms with van der Waals surface area (Å²) in [5.41, 5.74) is 6.57. The largest absolute Gasteiger partial charge is 0.364 e. The van der Waals surface area contributed by atoms with Crippen molar-refractivity contribution in [3.8, 4) is 0 Å². The van der Waals surface area contributed by atoms with Gasteiger partial charge in [-0.3, -0.25) is 9.52 Å². The highest BCUT2D eigenvalue weighted by Crippen LogP contribution is 2.23. The van der Waals surface area contributed by atoms with Crippen molar-refractivity contribution in [2.75, 3.05) is 4.72 Å². The standard InChI is InChI=1S/C16H15N3O3S2/c17-16(20)13-8-9-14(18-24(21,22)15-7-4-10-23-15)19(13)11-12-5-2-1-3-6-12/h1-10,18H,11H2,(H2,17,20). The van der Waals surface area contributed by atoms with Gasteiger partial charge >= 0.3 is 0 Å². The highest BCUT2D eigenvalue weighted by Gasteiger charge is 2.20. The van der Waals surface area contributed by atoms with E-state index < -0.39 is 15.9 Å². The number of primary amides is 1. The van der Waals surface area contributed by atoms with E-state index in [-0.39, 0.29) is 9.90 Å². The number of amides is 1. The fourth-order valence-corrected chi connectivity index (χ4v) is 4.37. The van der Waals surface area contributed by atoms with Gasteiger partial charge in [-0.15, -0.1) is 11.3 Å². The maximum atomic E-state index is 12.4. The average molecular weight is 361 g/mol. The second-order valence-corrected chi connectivity index (χ2v) is 7.93. The molecule has 3 rings (SSSR count). The Morgan fingerprint density at radius 1 is 1.08 bits per heavy atom. The zero-order valence-corrected chi connectivity index (χ0v) is 14.2. The van der Waals surface area contributed by atoms with Crippen LogP contribution in [0.2, 0.25) is 0 Å². The van der Waals surface area contributed by atoms with E-state index in [1.54, 1.807) is 16.0 Å². The molecule has 0 fully saturated rings. The van der Waals surface area contributed by atoms with Gasteiger partial charge in [-0.05, 0) is 29.1 Å². The summed E-state index contributed by atoms with van der Waals surface area (Å²) in [6.07, 6.45) is 0. The van der Waals surface area contributed by atoms with Crippen LogP contribution in [-0.2, 0) is 16.6 Å². The van der Waals surface area contributed by atoms with Crippen molar-refractivity contribution < 1.29 is 13.2 Å². The quantitative estimate of drug-likeness (QED) is 0.706. The van der Waals surface area contributed by atoms with E-state index in [0.717, 1.165) is 16.9 Å². The van der Waals surface area contributed by atoms with E-state index in [1.165, 1.54) is 18.2 Å². The molecule has 0 bridgehead atoms. The van der Waals surface area contributed by atoms with Gasteiger partial charge in [0.1, 0.15) is 15.7 Å². The van der Waals surface area contributed by atoms with Crippen LogP contribution in [0.4, 0.5) is 5.82 Å². The van der Waals surface area contributed by atoms with Crippen LogP contribution in [0, 0.1) is 0 Å². The Labute approximate surface area is 143 Å². The number of carbonyl (C=O) groups excluding carboxylic acids is 1. The van der Waals surface area contributed by atoms with Crippen LogP contribution in [0.5, 0.6) is 0 Å². The third kappa shape index (κ3) is 3.34. The first kappa shape index (κ1) is 16.3. The summed E-state index contributed by atoms with van der Waals surface area (Å²) in [7, 11) is -3.70. The Kier molecular flexibility index (Phi) is 4.41. The number of carbonyl (C=O) groups is 1. The van der Waals surface area contributed by atoms with Crippen molar-refractivity contribution in [3.05, 3.63) is 71.2 Å². The van der Waals surface area contributed by atoms with E-state index in [4.69, 9.17) is 5.73 Å². The fourth-order valence-electron chi connectivity index (χ4n) is 2.31. The molecular weight excluding hydrogens is 346 g/mol. The molecule has 0 unspecified atom stereocenters. The normalized spacial score (nSPS) is 11.3. The van der Waals surface area contributed by atoms with Gasteiger partial charge in [0.15, 0.2) is 0 Å². The monoisotopic (exact) mass is 361 g/mol. The number of rotatable bonds is 6. The van der Waals surface area contributed by atoms with E-state index in [2.05, 4.69) is 4.72 Å². The molecule has 0 aliphatic heterocycles. The van der Waals surface area contributed by atoms with Gasteiger partial charge in [0.25, 0.3) is 15.9 Å². The average Bonchev–Trinajstić information content (AvgIpc) is 3.19. The molecule has 1 aromatic carbocycles. The third-order valence-corrected chi connectivity index (χ3v) is 6.17. The SMILES string of the molecule is NC(=O)c1ccc(NS(=O)(=O)c2cccs2)n1Cc1ccccc1. The van der Waals surface area contributed by atoms with E-state index in [1.807, 2.05) is 30.3 Å². The maximum absolute atomic E-state index is 12.4. The van der Waals surface area contributed by atoms with Crippen LogP contribution < -0.4 is 10.5 Å². The minimum absolute atomic E-state index is 0.204. The first-order valence-corrected chi connectivity index (χ1v) is 9.43. The van der Waals surface area contributed by atoms with Crippen LogP contribution in [-0.4, -0.2) is 18.9 Å². The first-order chi connectivity index (χ1) is 11.5. The van der Waals surface area contributed by atoms with E-state index in [9.17, 15) is 13.2 Å². The number of nitrogens with zero attached hydrogens (tertiary/aromatic N) is 1. The Morgan fingerprint density at radius 2 is 1.83 bits per heavy atom. The lowest BCUT2D eigenvalue weighted by atomic mass is 10.2. The number of benzene rings is 1. The number of anilines is 1. The summed E-state index contributed by atoms with van der Waals surface area (Å²) < 4.78 is 29.1. The molecule has 0 atom stereocenters. The highest BCUT2D eigenvalue weighted by molar-refractivity contribution is 7.94. The topological polar surface area (TPSA) is 94.2 Å². The predicted octanol–water partition coefficient (Wildman–Crippen LogP) is 2.50. The highest BCUT2D eigenvalue weighted by atomic mass is 32.2. The van der Waals surface area contributed by atoms with Crippen LogP contribution >= 0.6 is 11.3 Å². The van der Waals surface area contributed by atoms with Crippen molar-refractivity contribution >= 4 is 33.1 Å². The Hall–Kier alpha value is -2.58. The number of hydrogen-bond acceptors (Lipinski definition) is 4. The predicted molar refractivity (Wildman–Crippen MR) is 93.6 cm³/mol. The fraction of sp³-hybridized carbons (Fsp3) is 0.0625. The van der Waals surface area contributed by atoms with Crippen molar-refractivity contribution in [1.82, 2.24) is 4.57 Å². The summed E-state index contributed by atoms with van der Waals surface area (Å²) in [6, 6.07) is 15.6. The van der Waals surface area contributed by atoms with Crippen LogP contribution in [0.25, 0.3) is 0 Å². The molecule has 124 valence electrons. The minimum Gasteiger partial charge on any atom is -0.364 e. The second-order valence-electron chi connectivity index (χ2n) is 5.08. The van der Waals surface area contributed by atoms with Crippen LogP contribution in [0.1, 0.15) is 16.1 Å². The minimum atomic E-state index is -3.70. The van der Waals surface area contributed by atoms with E-state index in [0.29, 0.717) is 12.4 Å². The van der Waals surface area contributed by atoms with Crippen molar-refractivity contribution in [2.24, 2.45) is 5.73 Å². The number of thiophene rings is 1. The Morgan fingerprint density at radius 3 is 2.46 bits per heavy atom. The van der Waals surface area contributed by atoms with Gasteiger partial charge in [0, 0.05) is 6.54 Å². The molecule has 3 aromatic rings. The molecule has 0 saturated heterocycles. The maximum Gasteiger partial charge on any atom is 0.272 e. The lowest BCUT2D eigenvalue weighted by Gasteiger charge is -2.13. The van der Waals surface area contributed by atoms with Gasteiger partial charge in [0.05, 0.1) is 0 Å². The lowest BCUT2D eigenvalue weighted by Crippen LogP contribution is -2.20. The summed E-state index contributed by atoms with van der Waals surface area (Å²) in [4.78, 5) is 11.6. The van der Waals surface area contributed by atoms with Gasteiger partial charge in [0.2, 0.25) is 0 Å². The molecule has 0 aliphatic carbocycles. The number of nitrogens with one attached hydrogen (secondary N) is 1. The molecule has 2 heterocycles. The molecule has 1 amide bonds. The molecule has 0 radical (unpaired) electrons. The molecule has 8 heteroatoms. The zero-order chi connectivity index (χ0) is 17.2. The molecular formula is C16H15N3O3S2. The van der Waals surface area contributed by atoms with Gasteiger partial charge in [-0.2, -0.15) is 0 Å². The summed E-state index contributed by atoms with van der Waals surface area (Å²) in [6.45, 7) is 0.328. The van der Waals surface area contributed by atoms with Gasteiger partial charge in [-0.1, -0.05) is 36.4 Å². The summed E-state index contributed by atoms with van der Waals surface area (Å²) >= 11 is 1.12. The van der Waals surface area contributed by atoms with Crippen molar-refractivity contribution in [2.45, 2.75) is 10.8 Å². The van der Waals surface area contributed by atoms with Crippen LogP contribution in [0.15, 0.2) is 64.2 Å². The van der Waals surface area contributed by atoms with Crippen molar-refractivity contribution in [1.29, 1.82) is 0 Å². The molecule has 0 aliphatic rings. The Balaban J connectivity index is 1.98. The van der Waals surface area contributed by atoms with Gasteiger partial charge < -0.3 is 10.3 Å². The lowest BCUT2D eigenvalue weighted by molar-refractivity contribution is 0.0992. The third-order valence-electron chi connectivity index (χ3n) is 3.42. The molecule has 0 saturated carbocycles. The molecule has 2 aromatic heterocycles. The smallest absolute Gasteiger partial charge is 0.272 e. The van der Waals surface area contributed by atoms with Gasteiger partial charge in [-0.25, -0.2) is 8.42 Å². The molecule has 6 nitrogen and oxygen atoms in total. The van der Waals surface area contributed by atoms with Crippen LogP contribution in [0.3, 0.4) is 0 Å². The molecule has 3 N–H and O–H groups in total. The number of nitrogens with two attached hydrogens (primary N) is 1.